The lowest BCUT2D eigenvalue weighted by molar-refractivity contribution is 1.33. The number of nitrogens with one attached hydrogen (secondary N) is 1. The zero-order chi connectivity index (χ0) is 16.4. The molecule has 24 heavy (non-hydrogen) atoms. The van der Waals surface area contributed by atoms with Crippen LogP contribution in [0.15, 0.2) is 72.1 Å². The van der Waals surface area contributed by atoms with E-state index in [-0.39, 0.29) is 0 Å². The summed E-state index contributed by atoms with van der Waals surface area (Å²) in [5.74, 6) is 0. The first-order chi connectivity index (χ1) is 11.8. The molecule has 0 saturated heterocycles. The number of rotatable bonds is 3. The van der Waals surface area contributed by atoms with Crippen LogP contribution >= 0.6 is 11.6 Å². The highest BCUT2D eigenvalue weighted by Gasteiger charge is 2.02. The minimum Gasteiger partial charge on any atom is -0.278 e. The summed E-state index contributed by atoms with van der Waals surface area (Å²) in [6, 6.07) is 17.4. The third-order valence-electron chi connectivity index (χ3n) is 3.78. The van der Waals surface area contributed by atoms with E-state index in [1.165, 1.54) is 0 Å². The summed E-state index contributed by atoms with van der Waals surface area (Å²) in [7, 11) is 0. The van der Waals surface area contributed by atoms with Crippen molar-refractivity contribution in [1.82, 2.24) is 9.97 Å². The summed E-state index contributed by atoms with van der Waals surface area (Å²) in [5, 5.41) is 7.07. The molecule has 5 heteroatoms. The van der Waals surface area contributed by atoms with Gasteiger partial charge in [0.05, 0.1) is 22.9 Å². The summed E-state index contributed by atoms with van der Waals surface area (Å²) in [5.41, 5.74) is 6.76. The van der Waals surface area contributed by atoms with Gasteiger partial charge in [0, 0.05) is 33.8 Å². The zero-order valence-corrected chi connectivity index (χ0v) is 13.4. The molecule has 2 aromatic heterocycles. The average Bonchev–Trinajstić information content (AvgIpc) is 2.62. The number of aromatic nitrogens is 2. The van der Waals surface area contributed by atoms with Crippen LogP contribution in [0.25, 0.3) is 21.8 Å². The van der Waals surface area contributed by atoms with Crippen LogP contribution in [0.4, 0.5) is 5.69 Å². The van der Waals surface area contributed by atoms with Crippen molar-refractivity contribution in [3.05, 3.63) is 77.6 Å². The van der Waals surface area contributed by atoms with Gasteiger partial charge >= 0.3 is 0 Å². The van der Waals surface area contributed by atoms with E-state index in [4.69, 9.17) is 11.6 Å². The molecule has 0 aliphatic carbocycles. The van der Waals surface area contributed by atoms with Gasteiger partial charge in [-0.2, -0.15) is 5.10 Å². The second-order valence-corrected chi connectivity index (χ2v) is 5.74. The Hall–Kier alpha value is -2.98. The minimum atomic E-state index is 0.666. The number of pyridine rings is 2. The summed E-state index contributed by atoms with van der Waals surface area (Å²) < 4.78 is 0. The van der Waals surface area contributed by atoms with E-state index in [1.807, 2.05) is 54.6 Å². The van der Waals surface area contributed by atoms with Crippen LogP contribution in [0.3, 0.4) is 0 Å². The molecule has 0 amide bonds. The van der Waals surface area contributed by atoms with Crippen molar-refractivity contribution < 1.29 is 0 Å². The smallest absolute Gasteiger partial charge is 0.0738 e. The molecule has 0 unspecified atom stereocenters. The predicted octanol–water partition coefficient (Wildman–Crippen LogP) is 4.88. The maximum atomic E-state index is 6.01. The summed E-state index contributed by atoms with van der Waals surface area (Å²) in [6.07, 6.45) is 5.32. The predicted molar refractivity (Wildman–Crippen MR) is 99.7 cm³/mol. The van der Waals surface area contributed by atoms with E-state index in [0.717, 1.165) is 33.1 Å². The van der Waals surface area contributed by atoms with Gasteiger partial charge in [-0.3, -0.25) is 15.4 Å². The number of fused-ring (bicyclic) bond motifs is 2. The largest absolute Gasteiger partial charge is 0.278 e. The Kier molecular flexibility index (Phi) is 3.81. The van der Waals surface area contributed by atoms with Crippen molar-refractivity contribution in [3.8, 4) is 0 Å². The van der Waals surface area contributed by atoms with E-state index >= 15 is 0 Å². The first-order valence-electron chi connectivity index (χ1n) is 7.48. The third-order valence-corrected chi connectivity index (χ3v) is 4.01. The fourth-order valence-corrected chi connectivity index (χ4v) is 2.79. The molecule has 1 N–H and O–H groups in total. The molecule has 116 valence electrons. The molecule has 0 saturated carbocycles. The number of para-hydroxylation sites is 1. The number of hydrogen-bond acceptors (Lipinski definition) is 4. The van der Waals surface area contributed by atoms with Crippen LogP contribution in [0.2, 0.25) is 5.02 Å². The molecule has 0 fully saturated rings. The molecule has 4 aromatic rings. The van der Waals surface area contributed by atoms with Crippen LogP contribution in [0.1, 0.15) is 5.56 Å². The third kappa shape index (κ3) is 2.79. The standard InChI is InChI=1S/C19H13ClN4/c20-14-5-6-16-18(8-10-22-19(16)11-14)24-23-12-13-7-9-21-17-4-2-1-3-15(13)17/h1-12H,(H,22,24)/b23-12+. The Morgan fingerprint density at radius 2 is 1.71 bits per heavy atom. The molecule has 4 nitrogen and oxygen atoms in total. The average molecular weight is 333 g/mol. The number of hydrogen-bond donors (Lipinski definition) is 1. The van der Waals surface area contributed by atoms with Crippen LogP contribution in [-0.2, 0) is 0 Å². The van der Waals surface area contributed by atoms with E-state index in [0.29, 0.717) is 5.02 Å². The Labute approximate surface area is 143 Å². The van der Waals surface area contributed by atoms with Crippen molar-refractivity contribution in [3.63, 3.8) is 0 Å². The van der Waals surface area contributed by atoms with Gasteiger partial charge in [-0.05, 0) is 36.4 Å². The van der Waals surface area contributed by atoms with Crippen molar-refractivity contribution in [2.24, 2.45) is 5.10 Å². The molecular formula is C19H13ClN4. The van der Waals surface area contributed by atoms with E-state index in [1.54, 1.807) is 18.6 Å². The molecule has 0 bridgehead atoms. The van der Waals surface area contributed by atoms with Gasteiger partial charge in [-0.1, -0.05) is 29.8 Å². The number of benzene rings is 2. The van der Waals surface area contributed by atoms with Gasteiger partial charge in [0.1, 0.15) is 0 Å². The van der Waals surface area contributed by atoms with Crippen molar-refractivity contribution in [2.45, 2.75) is 0 Å². The lowest BCUT2D eigenvalue weighted by Gasteiger charge is -2.05. The van der Waals surface area contributed by atoms with Gasteiger partial charge in [0.2, 0.25) is 0 Å². The minimum absolute atomic E-state index is 0.666. The van der Waals surface area contributed by atoms with Gasteiger partial charge in [0.25, 0.3) is 0 Å². The molecule has 0 radical (unpaired) electrons. The maximum absolute atomic E-state index is 6.01. The fraction of sp³-hybridized carbons (Fsp3) is 0. The summed E-state index contributed by atoms with van der Waals surface area (Å²) in [6.45, 7) is 0. The van der Waals surface area contributed by atoms with Crippen molar-refractivity contribution in [2.75, 3.05) is 5.43 Å². The normalized spacial score (nSPS) is 11.4. The highest BCUT2D eigenvalue weighted by Crippen LogP contribution is 2.24. The quantitative estimate of drug-likeness (QED) is 0.429. The Morgan fingerprint density at radius 1 is 0.875 bits per heavy atom. The van der Waals surface area contributed by atoms with E-state index in [2.05, 4.69) is 20.5 Å². The van der Waals surface area contributed by atoms with Gasteiger partial charge in [0.15, 0.2) is 0 Å². The highest BCUT2D eigenvalue weighted by molar-refractivity contribution is 6.31. The van der Waals surface area contributed by atoms with Crippen LogP contribution < -0.4 is 5.43 Å². The second-order valence-electron chi connectivity index (χ2n) is 5.31. The first kappa shape index (κ1) is 14.6. The SMILES string of the molecule is Clc1ccc2c(N/N=C/c3ccnc4ccccc34)ccnc2c1. The van der Waals surface area contributed by atoms with Gasteiger partial charge in [-0.25, -0.2) is 0 Å². The van der Waals surface area contributed by atoms with E-state index < -0.39 is 0 Å². The van der Waals surface area contributed by atoms with Gasteiger partial charge in [-0.15, -0.1) is 0 Å². The molecular weight excluding hydrogens is 320 g/mol. The number of halogens is 1. The molecule has 4 rings (SSSR count). The van der Waals surface area contributed by atoms with Crippen molar-refractivity contribution in [1.29, 1.82) is 0 Å². The maximum Gasteiger partial charge on any atom is 0.0738 e. The summed E-state index contributed by atoms with van der Waals surface area (Å²) in [4.78, 5) is 8.68. The lowest BCUT2D eigenvalue weighted by Crippen LogP contribution is -1.94. The molecule has 0 atom stereocenters. The molecule has 0 spiro atoms. The van der Waals surface area contributed by atoms with Gasteiger partial charge < -0.3 is 0 Å². The van der Waals surface area contributed by atoms with Crippen molar-refractivity contribution >= 4 is 45.3 Å². The zero-order valence-electron chi connectivity index (χ0n) is 12.6. The first-order valence-corrected chi connectivity index (χ1v) is 7.86. The second kappa shape index (κ2) is 6.26. The van der Waals surface area contributed by atoms with Crippen LogP contribution in [0.5, 0.6) is 0 Å². The van der Waals surface area contributed by atoms with Crippen LogP contribution in [-0.4, -0.2) is 16.2 Å². The fourth-order valence-electron chi connectivity index (χ4n) is 2.62. The van der Waals surface area contributed by atoms with E-state index in [9.17, 15) is 0 Å². The molecule has 2 heterocycles. The number of hydrazone groups is 1. The molecule has 0 aliphatic rings. The highest BCUT2D eigenvalue weighted by atomic mass is 35.5. The lowest BCUT2D eigenvalue weighted by atomic mass is 10.1. The number of anilines is 1. The Bertz CT molecular complexity index is 1050. The van der Waals surface area contributed by atoms with Crippen LogP contribution in [0, 0.1) is 0 Å². The Balaban J connectivity index is 1.66. The number of nitrogens with zero attached hydrogens (tertiary/aromatic N) is 3. The topological polar surface area (TPSA) is 50.2 Å². The summed E-state index contributed by atoms with van der Waals surface area (Å²) >= 11 is 6.01. The molecule has 0 aliphatic heterocycles. The molecule has 2 aromatic carbocycles. The Morgan fingerprint density at radius 3 is 2.67 bits per heavy atom. The monoisotopic (exact) mass is 332 g/mol.